The zero-order valence-corrected chi connectivity index (χ0v) is 23.7. The Morgan fingerprint density at radius 2 is 1.61 bits per heavy atom. The van der Waals surface area contributed by atoms with E-state index in [4.69, 9.17) is 15.6 Å². The zero-order chi connectivity index (χ0) is 28.8. The topological polar surface area (TPSA) is 154 Å². The van der Waals surface area contributed by atoms with Crippen molar-refractivity contribution in [3.05, 3.63) is 35.9 Å². The number of aliphatic hydroxyl groups excluding tert-OH is 2. The van der Waals surface area contributed by atoms with E-state index in [-0.39, 0.29) is 55.6 Å². The number of likely N-dealkylation sites (tertiary alicyclic amines) is 1. The Hall–Kier alpha value is -2.69. The largest absolute Gasteiger partial charge is 0.445 e. The lowest BCUT2D eigenvalue weighted by Gasteiger charge is -2.31. The maximum atomic E-state index is 13.2. The Balaban J connectivity index is 0.000000905. The van der Waals surface area contributed by atoms with Crippen molar-refractivity contribution in [3.63, 3.8) is 0 Å². The summed E-state index contributed by atoms with van der Waals surface area (Å²) in [6, 6.07) is 7.48. The van der Waals surface area contributed by atoms with Crippen LogP contribution in [0.4, 0.5) is 4.79 Å². The molecule has 1 unspecified atom stereocenters. The molecule has 0 spiro atoms. The molecule has 0 radical (unpaired) electrons. The van der Waals surface area contributed by atoms with E-state index < -0.39 is 18.2 Å². The van der Waals surface area contributed by atoms with Gasteiger partial charge in [0.15, 0.2) is 0 Å². The number of alkyl carbamates (subject to hydrolysis) is 1. The number of nitrogens with zero attached hydrogens (tertiary/aromatic N) is 1. The molecule has 1 heterocycles. The smallest absolute Gasteiger partial charge is 0.408 e. The lowest BCUT2D eigenvalue weighted by molar-refractivity contribution is -0.141. The van der Waals surface area contributed by atoms with E-state index in [9.17, 15) is 19.5 Å². The molecule has 10 heteroatoms. The molecule has 1 saturated heterocycles. The van der Waals surface area contributed by atoms with E-state index >= 15 is 0 Å². The van der Waals surface area contributed by atoms with Gasteiger partial charge < -0.3 is 36.2 Å². The van der Waals surface area contributed by atoms with Crippen LogP contribution in [0.2, 0.25) is 0 Å². The SMILES string of the molecule is CC(C)[C@H](N)CO.CC(C)[C@H](NC(=O)OCc1ccccc1)C(=O)N1CCCC1C(=O)N[C@H](CO)C(C)C. The molecule has 216 valence electrons. The minimum Gasteiger partial charge on any atom is -0.445 e. The molecule has 3 amide bonds. The van der Waals surface area contributed by atoms with Crippen molar-refractivity contribution in [3.8, 4) is 0 Å². The van der Waals surface area contributed by atoms with Crippen molar-refractivity contribution < 1.29 is 29.3 Å². The number of ether oxygens (including phenoxy) is 1. The van der Waals surface area contributed by atoms with Crippen LogP contribution in [0.3, 0.4) is 0 Å². The molecule has 0 aromatic heterocycles. The standard InChI is InChI=1S/C23H35N3O5.C5H13NO/c1-15(2)18(13-27)24-21(28)19-11-8-12-26(19)22(29)20(16(3)4)25-23(30)31-14-17-9-6-5-7-10-17;1-4(2)5(6)3-7/h5-7,9-10,15-16,18-20,27H,8,11-14H2,1-4H3,(H,24,28)(H,25,30);4-5,7H,3,6H2,1-2H3/t18-,19?,20+;5-/m11/s1. The van der Waals surface area contributed by atoms with Gasteiger partial charge in [0, 0.05) is 12.6 Å². The van der Waals surface area contributed by atoms with Crippen LogP contribution in [0.1, 0.15) is 59.9 Å². The van der Waals surface area contributed by atoms with E-state index in [1.165, 1.54) is 4.90 Å². The highest BCUT2D eigenvalue weighted by molar-refractivity contribution is 5.92. The summed E-state index contributed by atoms with van der Waals surface area (Å²) in [5, 5.41) is 23.4. The summed E-state index contributed by atoms with van der Waals surface area (Å²) in [5.74, 6) is -0.280. The highest BCUT2D eigenvalue weighted by Gasteiger charge is 2.39. The first-order valence-corrected chi connectivity index (χ1v) is 13.5. The molecule has 10 nitrogen and oxygen atoms in total. The molecule has 1 aromatic carbocycles. The number of carbonyl (C=O) groups is 3. The van der Waals surface area contributed by atoms with E-state index in [1.54, 1.807) is 0 Å². The highest BCUT2D eigenvalue weighted by atomic mass is 16.5. The van der Waals surface area contributed by atoms with Gasteiger partial charge in [-0.2, -0.15) is 0 Å². The number of aliphatic hydroxyl groups is 2. The highest BCUT2D eigenvalue weighted by Crippen LogP contribution is 2.21. The van der Waals surface area contributed by atoms with Gasteiger partial charge in [-0.15, -0.1) is 0 Å². The quantitative estimate of drug-likeness (QED) is 0.290. The first-order chi connectivity index (χ1) is 17.9. The molecule has 0 aliphatic carbocycles. The van der Waals surface area contributed by atoms with Gasteiger partial charge in [-0.05, 0) is 36.2 Å². The van der Waals surface area contributed by atoms with Gasteiger partial charge in [0.1, 0.15) is 18.7 Å². The van der Waals surface area contributed by atoms with Gasteiger partial charge in [0.2, 0.25) is 11.8 Å². The normalized spacial score (nSPS) is 17.5. The van der Waals surface area contributed by atoms with E-state index in [1.807, 2.05) is 71.9 Å². The monoisotopic (exact) mass is 536 g/mol. The van der Waals surface area contributed by atoms with Crippen molar-refractivity contribution in [1.82, 2.24) is 15.5 Å². The molecule has 2 rings (SSSR count). The van der Waals surface area contributed by atoms with Crippen LogP contribution in [0.5, 0.6) is 0 Å². The molecular formula is C28H48N4O6. The molecule has 1 aliphatic rings. The fourth-order valence-corrected chi connectivity index (χ4v) is 3.80. The number of carbonyl (C=O) groups excluding carboxylic acids is 3. The molecular weight excluding hydrogens is 488 g/mol. The Morgan fingerprint density at radius 3 is 2.08 bits per heavy atom. The fourth-order valence-electron chi connectivity index (χ4n) is 3.80. The first kappa shape index (κ1) is 33.3. The summed E-state index contributed by atoms with van der Waals surface area (Å²) < 4.78 is 5.26. The van der Waals surface area contributed by atoms with Crippen LogP contribution in [0.15, 0.2) is 30.3 Å². The minimum absolute atomic E-state index is 0.0417. The first-order valence-electron chi connectivity index (χ1n) is 13.5. The average molecular weight is 537 g/mol. The van der Waals surface area contributed by atoms with Crippen LogP contribution in [0, 0.1) is 17.8 Å². The number of benzene rings is 1. The number of rotatable bonds is 11. The van der Waals surface area contributed by atoms with Crippen LogP contribution in [-0.2, 0) is 20.9 Å². The third-order valence-corrected chi connectivity index (χ3v) is 6.65. The molecule has 38 heavy (non-hydrogen) atoms. The summed E-state index contributed by atoms with van der Waals surface area (Å²) in [5.41, 5.74) is 6.22. The Kier molecular flexibility index (Phi) is 14.9. The van der Waals surface area contributed by atoms with Crippen LogP contribution < -0.4 is 16.4 Å². The van der Waals surface area contributed by atoms with E-state index in [2.05, 4.69) is 10.6 Å². The molecule has 0 bridgehead atoms. The summed E-state index contributed by atoms with van der Waals surface area (Å²) in [4.78, 5) is 39.9. The second-order valence-corrected chi connectivity index (χ2v) is 10.7. The Morgan fingerprint density at radius 1 is 0.974 bits per heavy atom. The zero-order valence-electron chi connectivity index (χ0n) is 23.7. The van der Waals surface area contributed by atoms with Gasteiger partial charge >= 0.3 is 6.09 Å². The van der Waals surface area contributed by atoms with Crippen molar-refractivity contribution in [1.29, 1.82) is 0 Å². The molecule has 1 fully saturated rings. The maximum Gasteiger partial charge on any atom is 0.408 e. The molecule has 1 aromatic rings. The van der Waals surface area contributed by atoms with Crippen LogP contribution >= 0.6 is 0 Å². The average Bonchev–Trinajstić information content (AvgIpc) is 3.39. The number of hydrogen-bond donors (Lipinski definition) is 5. The summed E-state index contributed by atoms with van der Waals surface area (Å²) in [7, 11) is 0. The lowest BCUT2D eigenvalue weighted by Crippen LogP contribution is -2.56. The van der Waals surface area contributed by atoms with Crippen LogP contribution in [0.25, 0.3) is 0 Å². The fraction of sp³-hybridized carbons (Fsp3) is 0.679. The van der Waals surface area contributed by atoms with Crippen molar-refractivity contribution in [2.75, 3.05) is 19.8 Å². The summed E-state index contributed by atoms with van der Waals surface area (Å²) in [6.45, 7) is 12.0. The summed E-state index contributed by atoms with van der Waals surface area (Å²) >= 11 is 0. The Labute approximate surface area is 227 Å². The third kappa shape index (κ3) is 11.0. The van der Waals surface area contributed by atoms with E-state index in [0.29, 0.717) is 25.3 Å². The number of nitrogens with two attached hydrogens (primary N) is 1. The van der Waals surface area contributed by atoms with Crippen molar-refractivity contribution in [2.24, 2.45) is 23.5 Å². The lowest BCUT2D eigenvalue weighted by atomic mass is 10.0. The molecule has 1 aliphatic heterocycles. The molecule has 0 saturated carbocycles. The third-order valence-electron chi connectivity index (χ3n) is 6.65. The predicted octanol–water partition coefficient (Wildman–Crippen LogP) is 2.02. The van der Waals surface area contributed by atoms with E-state index in [0.717, 1.165) is 5.56 Å². The molecule has 6 N–H and O–H groups in total. The van der Waals surface area contributed by atoms with Crippen molar-refractivity contribution in [2.45, 2.75) is 85.2 Å². The van der Waals surface area contributed by atoms with Gasteiger partial charge in [0.05, 0.1) is 19.3 Å². The van der Waals surface area contributed by atoms with Gasteiger partial charge in [-0.25, -0.2) is 4.79 Å². The van der Waals surface area contributed by atoms with Gasteiger partial charge in [-0.3, -0.25) is 9.59 Å². The van der Waals surface area contributed by atoms with Crippen molar-refractivity contribution >= 4 is 17.9 Å². The second-order valence-electron chi connectivity index (χ2n) is 10.7. The number of amides is 3. The molecule has 4 atom stereocenters. The Bertz CT molecular complexity index is 849. The minimum atomic E-state index is -0.796. The second kappa shape index (κ2) is 17.0. The number of nitrogens with one attached hydrogen (secondary N) is 2. The van der Waals surface area contributed by atoms with Gasteiger partial charge in [-0.1, -0.05) is 71.9 Å². The maximum absolute atomic E-state index is 13.2. The van der Waals surface area contributed by atoms with Crippen LogP contribution in [-0.4, -0.2) is 76.9 Å². The summed E-state index contributed by atoms with van der Waals surface area (Å²) in [6.07, 6.45) is 0.589. The predicted molar refractivity (Wildman–Crippen MR) is 147 cm³/mol. The van der Waals surface area contributed by atoms with Gasteiger partial charge in [0.25, 0.3) is 0 Å². The number of hydrogen-bond acceptors (Lipinski definition) is 7.